The number of hydrogen-bond acceptors (Lipinski definition) is 2. The molecular weight excluding hydrogens is 769 g/mol. The molecule has 11 aromatic rings. The molecule has 0 aliphatic carbocycles. The Balaban J connectivity index is 1.03. The average Bonchev–Trinajstić information content (AvgIpc) is 3.88. The SMILES string of the molecule is C=N/C(=N\C(=N/Cc1ccccc1)c1ccccc1)c1cc(-c2cccc3c2c2ccccc2n3-c2cccc(-c3cccc4c3c3ccccc3n4-c3ccccc3)c2)ccn1. The molecule has 0 radical (unpaired) electrons. The van der Waals surface area contributed by atoms with Gasteiger partial charge >= 0.3 is 0 Å². The van der Waals surface area contributed by atoms with Crippen molar-refractivity contribution in [3.63, 3.8) is 0 Å². The third-order valence-electron chi connectivity index (χ3n) is 11.8. The summed E-state index contributed by atoms with van der Waals surface area (Å²) in [6.45, 7) is 4.41. The van der Waals surface area contributed by atoms with Crippen LogP contribution in [0.15, 0.2) is 233 Å². The van der Waals surface area contributed by atoms with Gasteiger partial charge in [-0.15, -0.1) is 0 Å². The van der Waals surface area contributed by atoms with Crippen LogP contribution in [0.3, 0.4) is 0 Å². The predicted octanol–water partition coefficient (Wildman–Crippen LogP) is 13.7. The van der Waals surface area contributed by atoms with E-state index in [9.17, 15) is 0 Å². The van der Waals surface area contributed by atoms with Crippen LogP contribution in [0.1, 0.15) is 16.8 Å². The van der Waals surface area contributed by atoms with E-state index >= 15 is 0 Å². The number of aliphatic imine (C=N–C) groups is 3. The van der Waals surface area contributed by atoms with Crippen molar-refractivity contribution in [3.8, 4) is 33.6 Å². The molecule has 0 saturated heterocycles. The molecule has 6 nitrogen and oxygen atoms in total. The standard InChI is InChI=1S/C57H40N6/c1-58-57(61-56(40-20-7-3-8-21-40)60-38-39-18-5-2-6-19-39)49-37-42(34-35-59-49)46-29-17-33-53-55(46)48-27-12-14-31-51(48)63(53)44-25-15-22-41(36-44)45-28-16-32-52-54(45)47-26-11-13-30-50(47)62(52)43-23-9-4-10-24-43/h2-37H,1,38H2/b60-56-,61-57-. The summed E-state index contributed by atoms with van der Waals surface area (Å²) in [4.78, 5) is 19.1. The van der Waals surface area contributed by atoms with E-state index in [2.05, 4.69) is 185 Å². The van der Waals surface area contributed by atoms with E-state index in [1.165, 1.54) is 27.4 Å². The van der Waals surface area contributed by atoms with E-state index < -0.39 is 0 Å². The molecule has 0 aliphatic rings. The normalized spacial score (nSPS) is 12.1. The molecule has 3 aromatic heterocycles. The maximum atomic E-state index is 5.00. The summed E-state index contributed by atoms with van der Waals surface area (Å²) >= 11 is 0. The van der Waals surface area contributed by atoms with Gasteiger partial charge in [-0.2, -0.15) is 0 Å². The second kappa shape index (κ2) is 16.2. The van der Waals surface area contributed by atoms with Gasteiger partial charge in [-0.05, 0) is 95.2 Å². The van der Waals surface area contributed by atoms with Crippen molar-refractivity contribution >= 4 is 62.0 Å². The summed E-state index contributed by atoms with van der Waals surface area (Å²) in [7, 11) is 0. The quantitative estimate of drug-likeness (QED) is 0.111. The number of hydrogen-bond donors (Lipinski definition) is 0. The van der Waals surface area contributed by atoms with Gasteiger partial charge in [0.15, 0.2) is 11.7 Å². The molecule has 0 N–H and O–H groups in total. The Morgan fingerprint density at radius 3 is 1.63 bits per heavy atom. The fraction of sp³-hybridized carbons (Fsp3) is 0.0175. The van der Waals surface area contributed by atoms with Crippen LogP contribution in [0.5, 0.6) is 0 Å². The van der Waals surface area contributed by atoms with Gasteiger partial charge in [-0.1, -0.05) is 152 Å². The lowest BCUT2D eigenvalue weighted by Gasteiger charge is -2.12. The summed E-state index contributed by atoms with van der Waals surface area (Å²) in [5.74, 6) is 0.973. The fourth-order valence-corrected chi connectivity index (χ4v) is 8.99. The predicted molar refractivity (Wildman–Crippen MR) is 263 cm³/mol. The molecule has 0 atom stereocenters. The molecule has 0 fully saturated rings. The van der Waals surface area contributed by atoms with Gasteiger partial charge in [0.2, 0.25) is 0 Å². The van der Waals surface area contributed by atoms with Gasteiger partial charge in [-0.3, -0.25) is 9.98 Å². The van der Waals surface area contributed by atoms with Gasteiger partial charge in [0.25, 0.3) is 0 Å². The Morgan fingerprint density at radius 2 is 0.984 bits per heavy atom. The van der Waals surface area contributed by atoms with Crippen molar-refractivity contribution in [2.45, 2.75) is 6.54 Å². The van der Waals surface area contributed by atoms with Crippen LogP contribution >= 0.6 is 0 Å². The van der Waals surface area contributed by atoms with Crippen LogP contribution in [-0.4, -0.2) is 32.5 Å². The minimum absolute atomic E-state index is 0.404. The summed E-state index contributed by atoms with van der Waals surface area (Å²) in [6, 6.07) is 74.4. The van der Waals surface area contributed by atoms with E-state index in [0.29, 0.717) is 23.9 Å². The van der Waals surface area contributed by atoms with Crippen LogP contribution in [0.4, 0.5) is 0 Å². The zero-order valence-electron chi connectivity index (χ0n) is 34.4. The molecule has 0 bridgehead atoms. The Kier molecular flexibility index (Phi) is 9.63. The molecule has 11 rings (SSSR count). The van der Waals surface area contributed by atoms with Crippen molar-refractivity contribution in [1.29, 1.82) is 0 Å². The maximum absolute atomic E-state index is 5.00. The third-order valence-corrected chi connectivity index (χ3v) is 11.8. The molecule has 0 aliphatic heterocycles. The monoisotopic (exact) mass is 808 g/mol. The summed E-state index contributed by atoms with van der Waals surface area (Å²) in [5.41, 5.74) is 13.9. The maximum Gasteiger partial charge on any atom is 0.179 e. The van der Waals surface area contributed by atoms with E-state index in [0.717, 1.165) is 61.0 Å². The van der Waals surface area contributed by atoms with E-state index in [1.807, 2.05) is 54.7 Å². The second-order valence-corrected chi connectivity index (χ2v) is 15.5. The van der Waals surface area contributed by atoms with Crippen molar-refractivity contribution in [2.75, 3.05) is 0 Å². The Hall–Kier alpha value is -8.48. The van der Waals surface area contributed by atoms with E-state index in [1.54, 1.807) is 0 Å². The molecule has 0 spiro atoms. The van der Waals surface area contributed by atoms with E-state index in [4.69, 9.17) is 15.0 Å². The lowest BCUT2D eigenvalue weighted by Crippen LogP contribution is -2.07. The highest BCUT2D eigenvalue weighted by Crippen LogP contribution is 2.41. The fourth-order valence-electron chi connectivity index (χ4n) is 8.99. The first-order valence-corrected chi connectivity index (χ1v) is 21.1. The molecule has 298 valence electrons. The number of aromatic nitrogens is 3. The van der Waals surface area contributed by atoms with Gasteiger partial charge in [-0.25, -0.2) is 9.98 Å². The van der Waals surface area contributed by atoms with Crippen LogP contribution in [-0.2, 0) is 6.54 Å². The Bertz CT molecular complexity index is 3540. The van der Waals surface area contributed by atoms with Crippen LogP contribution < -0.4 is 0 Å². The first kappa shape index (κ1) is 37.5. The Morgan fingerprint density at radius 1 is 0.460 bits per heavy atom. The van der Waals surface area contributed by atoms with Gasteiger partial charge in [0.05, 0.1) is 28.6 Å². The minimum Gasteiger partial charge on any atom is -0.309 e. The van der Waals surface area contributed by atoms with Gasteiger partial charge in [0.1, 0.15) is 5.69 Å². The van der Waals surface area contributed by atoms with Crippen molar-refractivity contribution in [3.05, 3.63) is 235 Å². The number of rotatable bonds is 8. The summed E-state index contributed by atoms with van der Waals surface area (Å²) in [6.07, 6.45) is 1.82. The highest BCUT2D eigenvalue weighted by Gasteiger charge is 2.20. The number of benzene rings is 8. The molecular formula is C57H40N6. The van der Waals surface area contributed by atoms with Gasteiger partial charge < -0.3 is 9.13 Å². The summed E-state index contributed by atoms with van der Waals surface area (Å²) in [5, 5.41) is 4.78. The number of nitrogens with zero attached hydrogens (tertiary/aromatic N) is 6. The lowest BCUT2D eigenvalue weighted by atomic mass is 9.99. The number of pyridine rings is 1. The van der Waals surface area contributed by atoms with E-state index in [-0.39, 0.29) is 0 Å². The molecule has 0 saturated carbocycles. The molecule has 8 aromatic carbocycles. The zero-order valence-corrected chi connectivity index (χ0v) is 34.4. The first-order chi connectivity index (χ1) is 31.2. The van der Waals surface area contributed by atoms with Crippen molar-refractivity contribution < 1.29 is 0 Å². The Labute approximate surface area is 365 Å². The highest BCUT2D eigenvalue weighted by molar-refractivity contribution is 6.18. The molecule has 6 heteroatoms. The molecule has 0 unspecified atom stereocenters. The molecule has 0 amide bonds. The average molecular weight is 809 g/mol. The number of amidine groups is 2. The summed E-state index contributed by atoms with van der Waals surface area (Å²) < 4.78 is 4.76. The highest BCUT2D eigenvalue weighted by atomic mass is 15.0. The molecule has 3 heterocycles. The van der Waals surface area contributed by atoms with Crippen LogP contribution in [0, 0.1) is 0 Å². The minimum atomic E-state index is 0.404. The zero-order chi connectivity index (χ0) is 42.1. The number of para-hydroxylation sites is 3. The van der Waals surface area contributed by atoms with Crippen LogP contribution in [0.25, 0.3) is 77.2 Å². The second-order valence-electron chi connectivity index (χ2n) is 15.5. The van der Waals surface area contributed by atoms with Crippen molar-refractivity contribution in [1.82, 2.24) is 14.1 Å². The van der Waals surface area contributed by atoms with Crippen LogP contribution in [0.2, 0.25) is 0 Å². The lowest BCUT2D eigenvalue weighted by molar-refractivity contribution is 1.06. The van der Waals surface area contributed by atoms with Gasteiger partial charge in [0, 0.05) is 44.7 Å². The molecule has 63 heavy (non-hydrogen) atoms. The third kappa shape index (κ3) is 6.80. The topological polar surface area (TPSA) is 59.8 Å². The largest absolute Gasteiger partial charge is 0.309 e. The smallest absolute Gasteiger partial charge is 0.179 e. The number of fused-ring (bicyclic) bond motifs is 6. The van der Waals surface area contributed by atoms with Crippen molar-refractivity contribution in [2.24, 2.45) is 15.0 Å². The first-order valence-electron chi connectivity index (χ1n) is 21.1.